The zero-order chi connectivity index (χ0) is 16.4. The molecule has 3 N–H and O–H groups in total. The Hall–Kier alpha value is -2.70. The largest absolute Gasteiger partial charge is 0.339 e. The first kappa shape index (κ1) is 14.9. The number of pyridine rings is 1. The molecule has 2 aromatic heterocycles. The average molecular weight is 335 g/mol. The number of nitrogens with zero attached hydrogens (tertiary/aromatic N) is 3. The van der Waals surface area contributed by atoms with E-state index in [4.69, 9.17) is 5.73 Å². The van der Waals surface area contributed by atoms with Crippen molar-refractivity contribution in [3.05, 3.63) is 65.5 Å². The molecule has 0 bridgehead atoms. The van der Waals surface area contributed by atoms with Gasteiger partial charge in [-0.25, -0.2) is 4.98 Å². The Morgan fingerprint density at radius 3 is 2.29 bits per heavy atom. The number of aromatic nitrogens is 2. The smallest absolute Gasteiger partial charge is 0.203 e. The molecule has 5 nitrogen and oxygen atoms in total. The molecular formula is C18H17N5S. The van der Waals surface area contributed by atoms with Gasteiger partial charge in [-0.1, -0.05) is 36.4 Å². The summed E-state index contributed by atoms with van der Waals surface area (Å²) in [7, 11) is 0. The van der Waals surface area contributed by atoms with Crippen LogP contribution in [0.3, 0.4) is 0 Å². The van der Waals surface area contributed by atoms with E-state index >= 15 is 0 Å². The number of fused-ring (bicyclic) bond motifs is 2. The summed E-state index contributed by atoms with van der Waals surface area (Å²) in [5.41, 5.74) is 11.2. The van der Waals surface area contributed by atoms with E-state index in [0.29, 0.717) is 6.54 Å². The minimum atomic E-state index is 0.590. The van der Waals surface area contributed by atoms with Crippen LogP contribution in [0.15, 0.2) is 65.2 Å². The molecule has 0 amide bonds. The average Bonchev–Trinajstić information content (AvgIpc) is 3.14. The van der Waals surface area contributed by atoms with Gasteiger partial charge in [0.2, 0.25) is 5.13 Å². The Morgan fingerprint density at radius 2 is 1.71 bits per heavy atom. The number of rotatable bonds is 4. The van der Waals surface area contributed by atoms with Crippen LogP contribution < -0.4 is 16.5 Å². The summed E-state index contributed by atoms with van der Waals surface area (Å²) >= 11 is 1.53. The molecule has 0 unspecified atom stereocenters. The molecule has 0 aliphatic rings. The summed E-state index contributed by atoms with van der Waals surface area (Å²) in [5.74, 6) is 0. The van der Waals surface area contributed by atoms with Gasteiger partial charge >= 0.3 is 0 Å². The van der Waals surface area contributed by atoms with E-state index in [1.54, 1.807) is 6.20 Å². The lowest BCUT2D eigenvalue weighted by molar-refractivity contribution is 0.753. The van der Waals surface area contributed by atoms with Crippen molar-refractivity contribution in [2.24, 2.45) is 10.8 Å². The lowest BCUT2D eigenvalue weighted by Crippen LogP contribution is -2.17. The quantitative estimate of drug-likeness (QED) is 0.445. The first-order valence-corrected chi connectivity index (χ1v) is 8.66. The van der Waals surface area contributed by atoms with E-state index in [2.05, 4.69) is 44.3 Å². The highest BCUT2D eigenvalue weighted by Crippen LogP contribution is 2.19. The molecule has 0 fully saturated rings. The fourth-order valence-electron chi connectivity index (χ4n) is 2.97. The van der Waals surface area contributed by atoms with E-state index in [0.717, 1.165) is 38.8 Å². The summed E-state index contributed by atoms with van der Waals surface area (Å²) in [5, 5.41) is 10.5. The topological polar surface area (TPSA) is 68.2 Å². The SMILES string of the molecule is NCCn1c2ccccc2c(=NNc2nccs2)c2ccccc21. The van der Waals surface area contributed by atoms with Crippen LogP contribution in [0.4, 0.5) is 5.13 Å². The van der Waals surface area contributed by atoms with Gasteiger partial charge in [-0.15, -0.1) is 11.3 Å². The molecule has 24 heavy (non-hydrogen) atoms. The number of hydrogen-bond donors (Lipinski definition) is 2. The minimum Gasteiger partial charge on any atom is -0.339 e. The maximum Gasteiger partial charge on any atom is 0.203 e. The Bertz CT molecular complexity index is 990. The van der Waals surface area contributed by atoms with Crippen LogP contribution in [0, 0.1) is 0 Å². The highest BCUT2D eigenvalue weighted by atomic mass is 32.1. The normalized spacial score (nSPS) is 11.0. The fourth-order valence-corrected chi connectivity index (χ4v) is 3.44. The van der Waals surface area contributed by atoms with Crippen molar-refractivity contribution in [2.45, 2.75) is 6.54 Å². The first-order valence-electron chi connectivity index (χ1n) is 7.78. The van der Waals surface area contributed by atoms with Crippen molar-refractivity contribution >= 4 is 38.3 Å². The van der Waals surface area contributed by atoms with Crippen LogP contribution in [-0.4, -0.2) is 16.1 Å². The van der Waals surface area contributed by atoms with Crippen molar-refractivity contribution in [2.75, 3.05) is 12.0 Å². The first-order chi connectivity index (χ1) is 11.9. The summed E-state index contributed by atoms with van der Waals surface area (Å²) in [6, 6.07) is 16.6. The molecule has 4 rings (SSSR count). The molecule has 0 spiro atoms. The molecule has 0 saturated carbocycles. The third-order valence-corrected chi connectivity index (χ3v) is 4.63. The van der Waals surface area contributed by atoms with Gasteiger partial charge in [-0.3, -0.25) is 5.43 Å². The molecule has 0 atom stereocenters. The van der Waals surface area contributed by atoms with Gasteiger partial charge in [0.15, 0.2) is 0 Å². The van der Waals surface area contributed by atoms with E-state index in [-0.39, 0.29) is 0 Å². The molecular weight excluding hydrogens is 318 g/mol. The monoisotopic (exact) mass is 335 g/mol. The zero-order valence-electron chi connectivity index (χ0n) is 13.0. The van der Waals surface area contributed by atoms with Gasteiger partial charge in [-0.05, 0) is 12.1 Å². The van der Waals surface area contributed by atoms with Crippen LogP contribution in [0.1, 0.15) is 0 Å². The van der Waals surface area contributed by atoms with E-state index in [1.807, 2.05) is 29.6 Å². The number of nitrogens with two attached hydrogens (primary N) is 1. The Labute approximate surface area is 143 Å². The van der Waals surface area contributed by atoms with Crippen molar-refractivity contribution in [3.63, 3.8) is 0 Å². The third kappa shape index (κ3) is 2.55. The lowest BCUT2D eigenvalue weighted by atomic mass is 10.1. The molecule has 2 aromatic carbocycles. The van der Waals surface area contributed by atoms with Crippen molar-refractivity contribution in [1.29, 1.82) is 0 Å². The zero-order valence-corrected chi connectivity index (χ0v) is 13.8. The van der Waals surface area contributed by atoms with Gasteiger partial charge in [0.25, 0.3) is 0 Å². The summed E-state index contributed by atoms with van der Waals surface area (Å²) in [6.45, 7) is 1.35. The summed E-state index contributed by atoms with van der Waals surface area (Å²) < 4.78 is 2.26. The van der Waals surface area contributed by atoms with Crippen LogP contribution in [0.5, 0.6) is 0 Å². The number of thiazole rings is 1. The van der Waals surface area contributed by atoms with Crippen LogP contribution in [-0.2, 0) is 6.54 Å². The molecule has 120 valence electrons. The molecule has 4 aromatic rings. The van der Waals surface area contributed by atoms with Crippen molar-refractivity contribution < 1.29 is 0 Å². The minimum absolute atomic E-state index is 0.590. The number of nitrogens with one attached hydrogen (secondary N) is 1. The van der Waals surface area contributed by atoms with Crippen LogP contribution in [0.2, 0.25) is 0 Å². The summed E-state index contributed by atoms with van der Waals surface area (Å²) in [4.78, 5) is 4.23. The van der Waals surface area contributed by atoms with E-state index in [1.165, 1.54) is 11.3 Å². The number of anilines is 1. The molecule has 0 aliphatic heterocycles. The standard InChI is InChI=1S/C18H17N5S/c19-9-11-23-15-7-3-1-5-13(15)17(14-6-2-4-8-16(14)23)21-22-18-20-10-12-24-18/h1-8,10,12H,9,11,19H2,(H,20,22). The summed E-state index contributed by atoms with van der Waals surface area (Å²) in [6.07, 6.45) is 1.76. The molecule has 2 heterocycles. The molecule has 6 heteroatoms. The molecule has 0 radical (unpaired) electrons. The Kier molecular flexibility index (Phi) is 3.98. The predicted molar refractivity (Wildman–Crippen MR) is 99.8 cm³/mol. The van der Waals surface area contributed by atoms with E-state index in [9.17, 15) is 0 Å². The highest BCUT2D eigenvalue weighted by molar-refractivity contribution is 7.13. The van der Waals surface area contributed by atoms with Gasteiger partial charge in [0, 0.05) is 35.4 Å². The van der Waals surface area contributed by atoms with Crippen molar-refractivity contribution in [3.8, 4) is 0 Å². The predicted octanol–water partition coefficient (Wildman–Crippen LogP) is 3.14. The van der Waals surface area contributed by atoms with Gasteiger partial charge in [0.05, 0.1) is 11.0 Å². The lowest BCUT2D eigenvalue weighted by Gasteiger charge is -2.15. The second kappa shape index (κ2) is 6.43. The second-order valence-electron chi connectivity index (χ2n) is 5.38. The number of para-hydroxylation sites is 2. The number of benzene rings is 2. The maximum absolute atomic E-state index is 5.84. The third-order valence-electron chi connectivity index (χ3n) is 3.95. The van der Waals surface area contributed by atoms with Gasteiger partial charge in [-0.2, -0.15) is 5.10 Å². The Morgan fingerprint density at radius 1 is 1.04 bits per heavy atom. The molecule has 0 aliphatic carbocycles. The van der Waals surface area contributed by atoms with Crippen LogP contribution >= 0.6 is 11.3 Å². The van der Waals surface area contributed by atoms with Crippen LogP contribution in [0.25, 0.3) is 21.8 Å². The van der Waals surface area contributed by atoms with Gasteiger partial charge in [0.1, 0.15) is 5.36 Å². The second-order valence-corrected chi connectivity index (χ2v) is 6.28. The highest BCUT2D eigenvalue weighted by Gasteiger charge is 2.08. The Balaban J connectivity index is 2.07. The molecule has 0 saturated heterocycles. The van der Waals surface area contributed by atoms with E-state index < -0.39 is 0 Å². The van der Waals surface area contributed by atoms with Gasteiger partial charge < -0.3 is 10.3 Å². The number of hydrogen-bond acceptors (Lipinski definition) is 5. The maximum atomic E-state index is 5.84. The van der Waals surface area contributed by atoms with Crippen molar-refractivity contribution in [1.82, 2.24) is 9.55 Å². The fraction of sp³-hybridized carbons (Fsp3) is 0.111.